The third-order valence-electron chi connectivity index (χ3n) is 3.76. The number of ether oxygens (including phenoxy) is 1. The molecular weight excluding hydrogens is 320 g/mol. The average molecular weight is 339 g/mol. The molecule has 0 spiro atoms. The van der Waals surface area contributed by atoms with Crippen molar-refractivity contribution in [2.45, 2.75) is 13.5 Å². The predicted octanol–water partition coefficient (Wildman–Crippen LogP) is 3.93. The van der Waals surface area contributed by atoms with Crippen LogP contribution in [0.3, 0.4) is 0 Å². The second-order valence-electron chi connectivity index (χ2n) is 5.35. The second kappa shape index (κ2) is 7.27. The van der Waals surface area contributed by atoms with Gasteiger partial charge in [-0.15, -0.1) is 3.96 Å². The number of nitrogens with zero attached hydrogens (tertiary/aromatic N) is 1. The number of esters is 1. The molecule has 5 heteroatoms. The van der Waals surface area contributed by atoms with Crippen LogP contribution in [0.5, 0.6) is 0 Å². The van der Waals surface area contributed by atoms with Gasteiger partial charge in [0.25, 0.3) is 6.54 Å². The molecular formula is C19H19N2O2S+. The zero-order valence-electron chi connectivity index (χ0n) is 13.7. The van der Waals surface area contributed by atoms with E-state index in [9.17, 15) is 4.79 Å². The van der Waals surface area contributed by atoms with Gasteiger partial charge in [0.15, 0.2) is 16.5 Å². The fourth-order valence-corrected chi connectivity index (χ4v) is 3.67. The molecule has 1 heterocycles. The van der Waals surface area contributed by atoms with E-state index in [2.05, 4.69) is 17.4 Å². The standard InChI is InChI=1S/C19H18N2O2S/c1-14-18(15-9-5-3-6-10-15)19(20-16-11-7-4-8-12-16)24-21(14)13-17(22)23-2/h3-12H,13H2,1-2H3/p+1. The van der Waals surface area contributed by atoms with E-state index in [-0.39, 0.29) is 12.5 Å². The number of carbonyl (C=O) groups is 1. The van der Waals surface area contributed by atoms with Crippen LogP contribution in [-0.2, 0) is 16.1 Å². The number of carbonyl (C=O) groups excluding carboxylic acids is 1. The summed E-state index contributed by atoms with van der Waals surface area (Å²) in [5.74, 6) is -0.254. The number of benzene rings is 2. The maximum absolute atomic E-state index is 11.7. The van der Waals surface area contributed by atoms with E-state index in [0.717, 1.165) is 27.5 Å². The minimum Gasteiger partial charge on any atom is -0.464 e. The van der Waals surface area contributed by atoms with Gasteiger partial charge in [0.2, 0.25) is 5.69 Å². The van der Waals surface area contributed by atoms with Crippen LogP contribution in [0.1, 0.15) is 5.69 Å². The van der Waals surface area contributed by atoms with Crippen LogP contribution < -0.4 is 9.27 Å². The number of nitrogens with one attached hydrogen (secondary N) is 1. The molecule has 0 fully saturated rings. The number of methoxy groups -OCH3 is 1. The number of hydrogen-bond donors (Lipinski definition) is 1. The van der Waals surface area contributed by atoms with E-state index in [1.54, 1.807) is 0 Å². The molecule has 0 aliphatic heterocycles. The Morgan fingerprint density at radius 3 is 2.33 bits per heavy atom. The summed E-state index contributed by atoms with van der Waals surface area (Å²) in [5, 5.41) is 4.48. The maximum atomic E-state index is 11.7. The minimum absolute atomic E-state index is 0.212. The molecule has 0 radical (unpaired) electrons. The van der Waals surface area contributed by atoms with Crippen molar-refractivity contribution >= 4 is 28.2 Å². The van der Waals surface area contributed by atoms with Gasteiger partial charge in [0.1, 0.15) is 0 Å². The summed E-state index contributed by atoms with van der Waals surface area (Å²) < 4.78 is 6.77. The molecule has 0 amide bonds. The van der Waals surface area contributed by atoms with Crippen LogP contribution in [-0.4, -0.2) is 13.1 Å². The van der Waals surface area contributed by atoms with Gasteiger partial charge in [0, 0.05) is 12.6 Å². The van der Waals surface area contributed by atoms with Gasteiger partial charge in [-0.25, -0.2) is 4.79 Å². The molecule has 1 N–H and O–H groups in total. The van der Waals surface area contributed by atoms with E-state index >= 15 is 0 Å². The average Bonchev–Trinajstić information content (AvgIpc) is 2.91. The zero-order chi connectivity index (χ0) is 16.9. The first-order valence-electron chi connectivity index (χ1n) is 7.67. The Bertz CT molecular complexity index is 829. The predicted molar refractivity (Wildman–Crippen MR) is 96.4 cm³/mol. The van der Waals surface area contributed by atoms with E-state index in [1.807, 2.05) is 59.4 Å². The third-order valence-corrected chi connectivity index (χ3v) is 4.87. The SMILES string of the molecule is COC(=O)C[n+]1sc(Nc2ccccc2)c(-c2ccccc2)c1C. The lowest BCUT2D eigenvalue weighted by atomic mass is 10.1. The minimum atomic E-state index is -0.254. The molecule has 1 aromatic heterocycles. The van der Waals surface area contributed by atoms with Crippen molar-refractivity contribution in [3.8, 4) is 11.1 Å². The van der Waals surface area contributed by atoms with Crippen LogP contribution in [0.25, 0.3) is 11.1 Å². The third kappa shape index (κ3) is 3.46. The molecule has 0 aliphatic carbocycles. The maximum Gasteiger partial charge on any atom is 0.373 e. The van der Waals surface area contributed by atoms with E-state index in [1.165, 1.54) is 18.6 Å². The fourth-order valence-electron chi connectivity index (χ4n) is 2.53. The number of aromatic nitrogens is 1. The molecule has 24 heavy (non-hydrogen) atoms. The summed E-state index contributed by atoms with van der Waals surface area (Å²) in [6, 6.07) is 20.2. The van der Waals surface area contributed by atoms with Gasteiger partial charge in [0.05, 0.1) is 12.7 Å². The molecule has 0 unspecified atom stereocenters. The molecule has 0 atom stereocenters. The number of para-hydroxylation sites is 1. The lowest BCUT2D eigenvalue weighted by Gasteiger charge is -2.04. The van der Waals surface area contributed by atoms with Crippen molar-refractivity contribution in [1.29, 1.82) is 0 Å². The normalized spacial score (nSPS) is 10.4. The molecule has 0 saturated heterocycles. The highest BCUT2D eigenvalue weighted by Gasteiger charge is 2.26. The second-order valence-corrected chi connectivity index (χ2v) is 6.38. The van der Waals surface area contributed by atoms with Crippen molar-refractivity contribution in [2.24, 2.45) is 0 Å². The van der Waals surface area contributed by atoms with E-state index in [0.29, 0.717) is 0 Å². The van der Waals surface area contributed by atoms with Gasteiger partial charge < -0.3 is 10.1 Å². The Hall–Kier alpha value is -2.66. The molecule has 3 aromatic rings. The van der Waals surface area contributed by atoms with Crippen LogP contribution in [0.15, 0.2) is 60.7 Å². The summed E-state index contributed by atoms with van der Waals surface area (Å²) in [6.07, 6.45) is 0. The highest BCUT2D eigenvalue weighted by molar-refractivity contribution is 7.07. The van der Waals surface area contributed by atoms with Gasteiger partial charge in [-0.1, -0.05) is 48.5 Å². The van der Waals surface area contributed by atoms with Crippen LogP contribution in [0, 0.1) is 6.92 Å². The van der Waals surface area contributed by atoms with Crippen molar-refractivity contribution in [3.05, 3.63) is 66.4 Å². The topological polar surface area (TPSA) is 42.2 Å². The van der Waals surface area contributed by atoms with E-state index < -0.39 is 0 Å². The lowest BCUT2D eigenvalue weighted by molar-refractivity contribution is -0.623. The van der Waals surface area contributed by atoms with Gasteiger partial charge in [-0.3, -0.25) is 0 Å². The van der Waals surface area contributed by atoms with Gasteiger partial charge in [-0.2, -0.15) is 0 Å². The van der Waals surface area contributed by atoms with Crippen molar-refractivity contribution in [3.63, 3.8) is 0 Å². The molecule has 2 aromatic carbocycles. The van der Waals surface area contributed by atoms with E-state index in [4.69, 9.17) is 4.74 Å². The molecule has 122 valence electrons. The first kappa shape index (κ1) is 16.2. The summed E-state index contributed by atoms with van der Waals surface area (Å²) in [7, 11) is 1.41. The smallest absolute Gasteiger partial charge is 0.373 e. The highest BCUT2D eigenvalue weighted by Crippen LogP contribution is 2.35. The van der Waals surface area contributed by atoms with Crippen molar-refractivity contribution in [1.82, 2.24) is 0 Å². The monoisotopic (exact) mass is 339 g/mol. The quantitative estimate of drug-likeness (QED) is 0.566. The number of hydrogen-bond acceptors (Lipinski definition) is 4. The molecule has 0 saturated carbocycles. The summed E-state index contributed by atoms with van der Waals surface area (Å²) >= 11 is 1.52. The van der Waals surface area contributed by atoms with Crippen LogP contribution in [0.4, 0.5) is 10.7 Å². The van der Waals surface area contributed by atoms with Gasteiger partial charge in [-0.05, 0) is 17.7 Å². The van der Waals surface area contributed by atoms with Crippen LogP contribution >= 0.6 is 11.5 Å². The summed E-state index contributed by atoms with van der Waals surface area (Å²) in [5.41, 5.74) is 4.28. The first-order chi connectivity index (χ1) is 11.7. The van der Waals surface area contributed by atoms with Crippen molar-refractivity contribution < 1.29 is 13.5 Å². The zero-order valence-corrected chi connectivity index (χ0v) is 14.5. The first-order valence-corrected chi connectivity index (χ1v) is 8.44. The fraction of sp³-hybridized carbons (Fsp3) is 0.158. The number of anilines is 2. The Morgan fingerprint density at radius 1 is 1.08 bits per heavy atom. The highest BCUT2D eigenvalue weighted by atomic mass is 32.1. The molecule has 3 rings (SSSR count). The number of rotatable bonds is 5. The Labute approximate surface area is 145 Å². The van der Waals surface area contributed by atoms with Crippen LogP contribution in [0.2, 0.25) is 0 Å². The molecule has 0 aliphatic rings. The van der Waals surface area contributed by atoms with Gasteiger partial charge >= 0.3 is 5.97 Å². The summed E-state index contributed by atoms with van der Waals surface area (Å²) in [6.45, 7) is 2.24. The lowest BCUT2D eigenvalue weighted by Crippen LogP contribution is -2.36. The largest absolute Gasteiger partial charge is 0.464 e. The molecule has 0 bridgehead atoms. The summed E-state index contributed by atoms with van der Waals surface area (Å²) in [4.78, 5) is 11.7. The van der Waals surface area contributed by atoms with Crippen molar-refractivity contribution in [2.75, 3.05) is 12.4 Å². The Morgan fingerprint density at radius 2 is 1.71 bits per heavy atom. The Balaban J connectivity index is 2.05. The Kier molecular flexibility index (Phi) is 4.91. The molecule has 4 nitrogen and oxygen atoms in total.